The Morgan fingerprint density at radius 3 is 2.47 bits per heavy atom. The fourth-order valence-electron chi connectivity index (χ4n) is 5.99. The third-order valence-corrected chi connectivity index (χ3v) is 9.16. The minimum atomic E-state index is -1.11. The molecule has 0 spiro atoms. The third-order valence-electron chi connectivity index (χ3n) is 9.16. The summed E-state index contributed by atoms with van der Waals surface area (Å²) in [6, 6.07) is 12.4. The molecule has 2 unspecified atom stereocenters. The van der Waals surface area contributed by atoms with Gasteiger partial charge >= 0.3 is 5.63 Å². The maximum atomic E-state index is 11.8. The summed E-state index contributed by atoms with van der Waals surface area (Å²) < 4.78 is 41.3. The largest absolute Gasteiger partial charge is 0.489 e. The minimum Gasteiger partial charge on any atom is -0.489 e. The molecule has 1 N–H and O–H groups in total. The smallest absolute Gasteiger partial charge is 0.336 e. The maximum absolute atomic E-state index is 11.8. The molecule has 9 heteroatoms. The predicted molar refractivity (Wildman–Crippen MR) is 189 cm³/mol. The van der Waals surface area contributed by atoms with Gasteiger partial charge in [-0.3, -0.25) is 0 Å². The second-order valence-corrected chi connectivity index (χ2v) is 14.0. The Kier molecular flexibility index (Phi) is 10.1. The molecule has 49 heavy (non-hydrogen) atoms. The number of hydrogen-bond donors (Lipinski definition) is 1. The molecule has 0 amide bonds. The molecule has 4 aromatic rings. The second-order valence-electron chi connectivity index (χ2n) is 14.0. The van der Waals surface area contributed by atoms with Gasteiger partial charge in [0.1, 0.15) is 41.6 Å². The molecule has 9 nitrogen and oxygen atoms in total. The summed E-state index contributed by atoms with van der Waals surface area (Å²) in [4.78, 5) is 11.8. The van der Waals surface area contributed by atoms with E-state index in [9.17, 15) is 9.90 Å². The number of furan rings is 1. The van der Waals surface area contributed by atoms with Crippen molar-refractivity contribution < 1.29 is 37.6 Å². The molecular weight excluding hydrogens is 624 g/mol. The van der Waals surface area contributed by atoms with Crippen LogP contribution in [0.3, 0.4) is 0 Å². The van der Waals surface area contributed by atoms with Crippen molar-refractivity contribution in [1.29, 1.82) is 0 Å². The summed E-state index contributed by atoms with van der Waals surface area (Å²) in [5.41, 5.74) is 2.76. The van der Waals surface area contributed by atoms with Gasteiger partial charge in [-0.2, -0.15) is 0 Å². The summed E-state index contributed by atoms with van der Waals surface area (Å²) in [7, 11) is 0. The topological polar surface area (TPSA) is 113 Å². The van der Waals surface area contributed by atoms with Crippen LogP contribution in [0.5, 0.6) is 17.2 Å². The van der Waals surface area contributed by atoms with E-state index in [0.717, 1.165) is 29.4 Å². The zero-order valence-electron chi connectivity index (χ0n) is 29.1. The lowest BCUT2D eigenvalue weighted by Crippen LogP contribution is -2.42. The van der Waals surface area contributed by atoms with Crippen molar-refractivity contribution in [3.05, 3.63) is 94.1 Å². The summed E-state index contributed by atoms with van der Waals surface area (Å²) in [6.45, 7) is 12.7. The Morgan fingerprint density at radius 1 is 0.980 bits per heavy atom. The quantitative estimate of drug-likeness (QED) is 0.0755. The maximum Gasteiger partial charge on any atom is 0.336 e. The Hall–Kier alpha value is -4.31. The van der Waals surface area contributed by atoms with Gasteiger partial charge < -0.3 is 37.6 Å². The van der Waals surface area contributed by atoms with Gasteiger partial charge in [0.2, 0.25) is 6.29 Å². The molecule has 2 aliphatic heterocycles. The fourth-order valence-corrected chi connectivity index (χ4v) is 5.99. The Labute approximate surface area is 286 Å². The summed E-state index contributed by atoms with van der Waals surface area (Å²) >= 11 is 0. The first-order valence-electron chi connectivity index (χ1n) is 16.9. The molecule has 2 aliphatic rings. The molecule has 4 heterocycles. The van der Waals surface area contributed by atoms with E-state index < -0.39 is 23.6 Å². The minimum absolute atomic E-state index is 0.0203. The average molecular weight is 671 g/mol. The monoisotopic (exact) mass is 670 g/mol. The van der Waals surface area contributed by atoms with Gasteiger partial charge in [-0.1, -0.05) is 11.1 Å². The highest BCUT2D eigenvalue weighted by Gasteiger charge is 2.46. The van der Waals surface area contributed by atoms with Crippen LogP contribution >= 0.6 is 0 Å². The lowest BCUT2D eigenvalue weighted by molar-refractivity contribution is -0.159. The molecule has 0 radical (unpaired) electrons. The van der Waals surface area contributed by atoms with E-state index >= 15 is 0 Å². The number of allylic oxidation sites excluding steroid dienone is 2. The van der Waals surface area contributed by atoms with Crippen molar-refractivity contribution in [2.24, 2.45) is 0 Å². The molecule has 6 rings (SSSR count). The van der Waals surface area contributed by atoms with Gasteiger partial charge in [0, 0.05) is 23.8 Å². The Morgan fingerprint density at radius 2 is 1.71 bits per heavy atom. The van der Waals surface area contributed by atoms with Crippen LogP contribution in [0.25, 0.3) is 28.0 Å². The van der Waals surface area contributed by atoms with Crippen LogP contribution in [-0.4, -0.2) is 48.0 Å². The van der Waals surface area contributed by atoms with Crippen molar-refractivity contribution in [2.75, 3.05) is 13.2 Å². The van der Waals surface area contributed by atoms with E-state index in [1.807, 2.05) is 49.4 Å². The molecule has 2 aromatic heterocycles. The van der Waals surface area contributed by atoms with Crippen LogP contribution in [0.2, 0.25) is 0 Å². The first-order valence-corrected chi connectivity index (χ1v) is 16.9. The number of rotatable bonds is 15. The molecule has 3 atom stereocenters. The summed E-state index contributed by atoms with van der Waals surface area (Å²) in [5.74, 6) is 1.98. The number of fused-ring (bicyclic) bond motifs is 3. The first-order chi connectivity index (χ1) is 23.4. The second kappa shape index (κ2) is 14.3. The normalized spacial score (nSPS) is 19.5. The summed E-state index contributed by atoms with van der Waals surface area (Å²) in [5, 5.41) is 12.5. The number of hydrogen-bond acceptors (Lipinski definition) is 9. The van der Waals surface area contributed by atoms with Crippen LogP contribution < -0.4 is 19.8 Å². The van der Waals surface area contributed by atoms with E-state index in [1.165, 1.54) is 11.6 Å². The van der Waals surface area contributed by atoms with Crippen LogP contribution in [0, 0.1) is 0 Å². The summed E-state index contributed by atoms with van der Waals surface area (Å²) in [6.07, 6.45) is 12.0. The number of epoxide rings is 1. The van der Waals surface area contributed by atoms with Crippen molar-refractivity contribution >= 4 is 28.0 Å². The molecule has 260 valence electrons. The van der Waals surface area contributed by atoms with Crippen molar-refractivity contribution in [3.63, 3.8) is 0 Å². The van der Waals surface area contributed by atoms with Gasteiger partial charge in [-0.05, 0) is 116 Å². The molecule has 1 fully saturated rings. The van der Waals surface area contributed by atoms with Gasteiger partial charge in [0.15, 0.2) is 0 Å². The van der Waals surface area contributed by atoms with E-state index in [0.29, 0.717) is 66.0 Å². The van der Waals surface area contributed by atoms with Crippen molar-refractivity contribution in [1.82, 2.24) is 0 Å². The molecule has 2 aromatic carbocycles. The third kappa shape index (κ3) is 8.65. The predicted octanol–water partition coefficient (Wildman–Crippen LogP) is 8.52. The molecule has 1 saturated heterocycles. The molecule has 0 saturated carbocycles. The fraction of sp³-hybridized carbons (Fsp3) is 0.425. The highest BCUT2D eigenvalue weighted by atomic mass is 16.7. The Bertz CT molecular complexity index is 1930. The van der Waals surface area contributed by atoms with Crippen LogP contribution in [-0.2, 0) is 9.47 Å². The number of ether oxygens (including phenoxy) is 5. The SMILES string of the molecule is C/C(=C\COc1ccc2c(c1)OC(O[C@H](CC/C(C)=C/COc1c3ccoc3cc3oc(=O)ccc13)C(C)(C)O)C=C2)CCC1OC1(C)C. The highest BCUT2D eigenvalue weighted by Crippen LogP contribution is 2.39. The zero-order chi connectivity index (χ0) is 34.8. The van der Waals surface area contributed by atoms with E-state index in [-0.39, 0.29) is 5.60 Å². The first kappa shape index (κ1) is 34.5. The van der Waals surface area contributed by atoms with E-state index in [4.69, 9.17) is 32.5 Å². The van der Waals surface area contributed by atoms with Gasteiger partial charge in [0.25, 0.3) is 0 Å². The van der Waals surface area contributed by atoms with E-state index in [2.05, 4.69) is 26.8 Å². The van der Waals surface area contributed by atoms with Gasteiger partial charge in [0.05, 0.1) is 40.4 Å². The average Bonchev–Trinajstić information content (AvgIpc) is 3.40. The zero-order valence-corrected chi connectivity index (χ0v) is 29.1. The number of benzene rings is 2. The molecule has 0 aliphatic carbocycles. The van der Waals surface area contributed by atoms with Gasteiger partial charge in [-0.15, -0.1) is 0 Å². The standard InChI is InChI=1S/C40H46O9/c1-25(18-21-45-38-29-12-15-36(41)46-33(29)24-32-30(38)19-22-44-32)7-13-34(39(3,4)42)48-37-16-10-27-9-11-28(23-31(27)47-37)43-20-17-26(2)8-14-35-40(5,6)49-35/h9-12,15-19,22-24,34-35,37,42H,7-8,13-14,20-21H2,1-6H3/b25-18+,26-17+/t34-,35?,37?/m1/s1. The molecule has 0 bridgehead atoms. The van der Waals surface area contributed by atoms with Gasteiger partial charge in [-0.25, -0.2) is 4.79 Å². The Balaban J connectivity index is 1.02. The van der Waals surface area contributed by atoms with Crippen molar-refractivity contribution in [2.45, 2.75) is 96.9 Å². The van der Waals surface area contributed by atoms with Crippen LogP contribution in [0.1, 0.15) is 72.8 Å². The molecular formula is C40H46O9. The lowest BCUT2D eigenvalue weighted by atomic mass is 9.95. The van der Waals surface area contributed by atoms with E-state index in [1.54, 1.807) is 32.2 Å². The van der Waals surface area contributed by atoms with Crippen LogP contribution in [0.4, 0.5) is 0 Å². The number of aliphatic hydroxyl groups is 1. The highest BCUT2D eigenvalue weighted by molar-refractivity contribution is 6.01. The van der Waals surface area contributed by atoms with Crippen LogP contribution in [0.15, 0.2) is 91.7 Å². The lowest BCUT2D eigenvalue weighted by Gasteiger charge is -2.33. The van der Waals surface area contributed by atoms with Crippen molar-refractivity contribution in [3.8, 4) is 17.2 Å².